The lowest BCUT2D eigenvalue weighted by atomic mass is 10.1. The molecule has 1 unspecified atom stereocenters. The Morgan fingerprint density at radius 3 is 2.67 bits per heavy atom. The van der Waals surface area contributed by atoms with E-state index in [1.807, 2.05) is 24.3 Å². The highest BCUT2D eigenvalue weighted by Gasteiger charge is 2.17. The van der Waals surface area contributed by atoms with Gasteiger partial charge in [-0.3, -0.25) is 0 Å². The molecule has 0 amide bonds. The molecule has 1 rings (SSSR count). The van der Waals surface area contributed by atoms with Crippen LogP contribution in [-0.4, -0.2) is 29.0 Å². The quantitative estimate of drug-likeness (QED) is 0.520. The second kappa shape index (κ2) is 5.11. The van der Waals surface area contributed by atoms with Crippen molar-refractivity contribution in [3.63, 3.8) is 0 Å². The fraction of sp³-hybridized carbons (Fsp3) is 0.455. The van der Waals surface area contributed by atoms with Crippen molar-refractivity contribution in [2.24, 2.45) is 0 Å². The van der Waals surface area contributed by atoms with Gasteiger partial charge in [0.1, 0.15) is 0 Å². The van der Waals surface area contributed by atoms with Gasteiger partial charge >= 0.3 is 0 Å². The lowest BCUT2D eigenvalue weighted by Gasteiger charge is -2.20. The van der Waals surface area contributed by atoms with Crippen molar-refractivity contribution in [2.75, 3.05) is 18.9 Å². The molecule has 4 heteroatoms. The summed E-state index contributed by atoms with van der Waals surface area (Å²) < 4.78 is 0. The van der Waals surface area contributed by atoms with Crippen LogP contribution < -0.4 is 11.1 Å². The maximum absolute atomic E-state index is 9.53. The first-order valence-corrected chi connectivity index (χ1v) is 4.92. The number of nitrogen functional groups attached to an aromatic ring is 1. The molecular weight excluding hydrogens is 192 g/mol. The maximum atomic E-state index is 9.53. The van der Waals surface area contributed by atoms with Gasteiger partial charge in [0.15, 0.2) is 0 Å². The number of nitrogens with two attached hydrogens (primary N) is 1. The number of rotatable bonds is 5. The van der Waals surface area contributed by atoms with Crippen LogP contribution in [0.5, 0.6) is 0 Å². The zero-order valence-electron chi connectivity index (χ0n) is 8.90. The van der Waals surface area contributed by atoms with Gasteiger partial charge < -0.3 is 21.3 Å². The zero-order valence-corrected chi connectivity index (χ0v) is 8.90. The molecule has 0 saturated heterocycles. The van der Waals surface area contributed by atoms with Crippen molar-refractivity contribution in [3.05, 3.63) is 29.8 Å². The second-order valence-corrected chi connectivity index (χ2v) is 3.96. The Balaban J connectivity index is 2.42. The van der Waals surface area contributed by atoms with Crippen LogP contribution in [0.25, 0.3) is 0 Å². The Morgan fingerprint density at radius 2 is 2.07 bits per heavy atom. The summed E-state index contributed by atoms with van der Waals surface area (Å²) in [5, 5.41) is 21.4. The van der Waals surface area contributed by atoms with Crippen molar-refractivity contribution in [3.8, 4) is 0 Å². The van der Waals surface area contributed by atoms with Gasteiger partial charge in [0, 0.05) is 18.8 Å². The first-order chi connectivity index (χ1) is 7.05. The van der Waals surface area contributed by atoms with E-state index in [0.29, 0.717) is 13.1 Å². The van der Waals surface area contributed by atoms with E-state index in [9.17, 15) is 5.11 Å². The summed E-state index contributed by atoms with van der Waals surface area (Å²) in [7, 11) is 0. The molecule has 0 bridgehead atoms. The minimum Gasteiger partial charge on any atom is -0.398 e. The van der Waals surface area contributed by atoms with Gasteiger partial charge in [-0.15, -0.1) is 0 Å². The molecule has 1 aromatic carbocycles. The summed E-state index contributed by atoms with van der Waals surface area (Å²) in [6, 6.07) is 7.55. The van der Waals surface area contributed by atoms with Crippen LogP contribution in [0, 0.1) is 0 Å². The van der Waals surface area contributed by atoms with E-state index < -0.39 is 5.60 Å². The third-order valence-electron chi connectivity index (χ3n) is 2.22. The van der Waals surface area contributed by atoms with E-state index in [0.717, 1.165) is 11.3 Å². The Morgan fingerprint density at radius 1 is 1.40 bits per heavy atom. The molecule has 0 spiro atoms. The summed E-state index contributed by atoms with van der Waals surface area (Å²) >= 11 is 0. The molecule has 1 atom stereocenters. The largest absolute Gasteiger partial charge is 0.398 e. The third kappa shape index (κ3) is 3.87. The van der Waals surface area contributed by atoms with E-state index in [4.69, 9.17) is 10.8 Å². The molecule has 84 valence electrons. The van der Waals surface area contributed by atoms with Crippen LogP contribution >= 0.6 is 0 Å². The normalized spacial score (nSPS) is 14.9. The van der Waals surface area contributed by atoms with Crippen LogP contribution in [-0.2, 0) is 6.54 Å². The minimum atomic E-state index is -1.08. The fourth-order valence-electron chi connectivity index (χ4n) is 1.22. The van der Waals surface area contributed by atoms with Crippen LogP contribution in [0.2, 0.25) is 0 Å². The Hall–Kier alpha value is -1.10. The van der Waals surface area contributed by atoms with Gasteiger partial charge in [0.25, 0.3) is 0 Å². The number of aliphatic hydroxyl groups excluding tert-OH is 1. The molecule has 1 aromatic rings. The average molecular weight is 210 g/mol. The number of anilines is 1. The van der Waals surface area contributed by atoms with Gasteiger partial charge in [0.05, 0.1) is 12.2 Å². The van der Waals surface area contributed by atoms with E-state index in [-0.39, 0.29) is 6.61 Å². The van der Waals surface area contributed by atoms with Crippen LogP contribution in [0.3, 0.4) is 0 Å². The summed E-state index contributed by atoms with van der Waals surface area (Å²) in [6.45, 7) is 2.24. The highest BCUT2D eigenvalue weighted by atomic mass is 16.3. The number of hydrogen-bond donors (Lipinski definition) is 4. The molecule has 0 aliphatic rings. The van der Waals surface area contributed by atoms with Gasteiger partial charge in [0.2, 0.25) is 0 Å². The Kier molecular flexibility index (Phi) is 4.08. The molecule has 0 fully saturated rings. The van der Waals surface area contributed by atoms with Gasteiger partial charge in [-0.05, 0) is 18.6 Å². The number of aliphatic hydroxyl groups is 2. The lowest BCUT2D eigenvalue weighted by molar-refractivity contribution is 0.00254. The second-order valence-electron chi connectivity index (χ2n) is 3.96. The van der Waals surface area contributed by atoms with Crippen molar-refractivity contribution < 1.29 is 10.2 Å². The van der Waals surface area contributed by atoms with E-state index in [2.05, 4.69) is 5.32 Å². The molecule has 4 nitrogen and oxygen atoms in total. The maximum Gasteiger partial charge on any atom is 0.0972 e. The molecule has 0 saturated carbocycles. The standard InChI is InChI=1S/C11H18N2O2/c1-11(15,8-14)7-13-6-9-4-2-3-5-10(9)12/h2-5,13-15H,6-8,12H2,1H3. The molecule has 0 aliphatic carbocycles. The topological polar surface area (TPSA) is 78.5 Å². The first kappa shape index (κ1) is 12.0. The Bertz CT molecular complexity index is 313. The molecule has 5 N–H and O–H groups in total. The SMILES string of the molecule is CC(O)(CO)CNCc1ccccc1N. The molecule has 0 aliphatic heterocycles. The molecule has 0 heterocycles. The Labute approximate surface area is 89.7 Å². The number of benzene rings is 1. The third-order valence-corrected chi connectivity index (χ3v) is 2.22. The van der Waals surface area contributed by atoms with Gasteiger partial charge in [-0.1, -0.05) is 18.2 Å². The smallest absolute Gasteiger partial charge is 0.0972 e. The molecule has 15 heavy (non-hydrogen) atoms. The van der Waals surface area contributed by atoms with Gasteiger partial charge in [-0.25, -0.2) is 0 Å². The predicted molar refractivity (Wildman–Crippen MR) is 60.3 cm³/mol. The highest BCUT2D eigenvalue weighted by molar-refractivity contribution is 5.46. The predicted octanol–water partition coefficient (Wildman–Crippen LogP) is 0.102. The minimum absolute atomic E-state index is 0.260. The zero-order chi connectivity index (χ0) is 11.3. The molecule has 0 aromatic heterocycles. The summed E-state index contributed by atoms with van der Waals surface area (Å²) in [5.41, 5.74) is 6.39. The first-order valence-electron chi connectivity index (χ1n) is 4.92. The van der Waals surface area contributed by atoms with Crippen molar-refractivity contribution in [1.29, 1.82) is 0 Å². The number of hydrogen-bond acceptors (Lipinski definition) is 4. The van der Waals surface area contributed by atoms with E-state index in [1.165, 1.54) is 0 Å². The van der Waals surface area contributed by atoms with Crippen LogP contribution in [0.15, 0.2) is 24.3 Å². The summed E-state index contributed by atoms with van der Waals surface area (Å²) in [5.74, 6) is 0. The van der Waals surface area contributed by atoms with E-state index >= 15 is 0 Å². The summed E-state index contributed by atoms with van der Waals surface area (Å²) in [4.78, 5) is 0. The van der Waals surface area contributed by atoms with Crippen LogP contribution in [0.4, 0.5) is 5.69 Å². The van der Waals surface area contributed by atoms with Crippen LogP contribution in [0.1, 0.15) is 12.5 Å². The molecule has 0 radical (unpaired) electrons. The van der Waals surface area contributed by atoms with Crippen molar-refractivity contribution >= 4 is 5.69 Å². The number of para-hydroxylation sites is 1. The van der Waals surface area contributed by atoms with Gasteiger partial charge in [-0.2, -0.15) is 0 Å². The molecular formula is C11H18N2O2. The van der Waals surface area contributed by atoms with Crippen molar-refractivity contribution in [1.82, 2.24) is 5.32 Å². The summed E-state index contributed by atoms with van der Waals surface area (Å²) in [6.07, 6.45) is 0. The average Bonchev–Trinajstić information content (AvgIpc) is 2.21. The van der Waals surface area contributed by atoms with E-state index in [1.54, 1.807) is 6.92 Å². The van der Waals surface area contributed by atoms with Crippen molar-refractivity contribution in [2.45, 2.75) is 19.1 Å². The lowest BCUT2D eigenvalue weighted by Crippen LogP contribution is -2.40. The number of nitrogens with one attached hydrogen (secondary N) is 1. The fourth-order valence-corrected chi connectivity index (χ4v) is 1.22. The monoisotopic (exact) mass is 210 g/mol. The highest BCUT2D eigenvalue weighted by Crippen LogP contribution is 2.10.